The van der Waals surface area contributed by atoms with Crippen molar-refractivity contribution in [1.82, 2.24) is 15.1 Å². The number of carbonyl (C=O) groups excluding carboxylic acids is 2. The van der Waals surface area contributed by atoms with Crippen molar-refractivity contribution in [2.45, 2.75) is 19.4 Å². The standard InChI is InChI=1S/C17H22FN3O2/c1-12(22)20-7-5-14(11-20)17(23)21-8-6-19-10-16(21)13-3-2-4-15(18)9-13/h2-4,9,14,16,19H,5-8,10-11H2,1H3. The summed E-state index contributed by atoms with van der Waals surface area (Å²) in [6.45, 7) is 4.64. The lowest BCUT2D eigenvalue weighted by molar-refractivity contribution is -0.138. The number of rotatable bonds is 2. The summed E-state index contributed by atoms with van der Waals surface area (Å²) in [4.78, 5) is 27.9. The van der Waals surface area contributed by atoms with Crippen LogP contribution in [0.2, 0.25) is 0 Å². The fraction of sp³-hybridized carbons (Fsp3) is 0.529. The highest BCUT2D eigenvalue weighted by atomic mass is 19.1. The van der Waals surface area contributed by atoms with E-state index in [1.807, 2.05) is 11.0 Å². The molecule has 2 fully saturated rings. The molecule has 2 unspecified atom stereocenters. The van der Waals surface area contributed by atoms with Gasteiger partial charge < -0.3 is 15.1 Å². The Morgan fingerprint density at radius 2 is 2.13 bits per heavy atom. The lowest BCUT2D eigenvalue weighted by Crippen LogP contribution is -2.50. The van der Waals surface area contributed by atoms with Gasteiger partial charge in [-0.05, 0) is 24.1 Å². The molecule has 0 bridgehead atoms. The second-order valence-corrected chi connectivity index (χ2v) is 6.26. The number of piperazine rings is 1. The molecule has 0 aromatic heterocycles. The molecule has 2 atom stereocenters. The molecule has 1 aromatic rings. The molecule has 2 amide bonds. The molecule has 0 saturated carbocycles. The molecule has 5 nitrogen and oxygen atoms in total. The smallest absolute Gasteiger partial charge is 0.228 e. The van der Waals surface area contributed by atoms with Gasteiger partial charge in [-0.2, -0.15) is 0 Å². The van der Waals surface area contributed by atoms with Crippen molar-refractivity contribution in [3.63, 3.8) is 0 Å². The Kier molecular flexibility index (Phi) is 4.61. The first-order valence-electron chi connectivity index (χ1n) is 8.08. The number of halogens is 1. The van der Waals surface area contributed by atoms with E-state index in [4.69, 9.17) is 0 Å². The van der Waals surface area contributed by atoms with Crippen molar-refractivity contribution >= 4 is 11.8 Å². The molecule has 23 heavy (non-hydrogen) atoms. The van der Waals surface area contributed by atoms with Crippen LogP contribution in [-0.4, -0.2) is 54.3 Å². The maximum Gasteiger partial charge on any atom is 0.228 e. The topological polar surface area (TPSA) is 52.7 Å². The van der Waals surface area contributed by atoms with E-state index >= 15 is 0 Å². The van der Waals surface area contributed by atoms with Crippen LogP contribution < -0.4 is 5.32 Å². The Labute approximate surface area is 135 Å². The fourth-order valence-corrected chi connectivity index (χ4v) is 3.46. The Balaban J connectivity index is 1.76. The molecule has 0 spiro atoms. The predicted octanol–water partition coefficient (Wildman–Crippen LogP) is 1.17. The van der Waals surface area contributed by atoms with E-state index in [0.717, 1.165) is 12.1 Å². The zero-order chi connectivity index (χ0) is 16.4. The molecule has 124 valence electrons. The van der Waals surface area contributed by atoms with Crippen molar-refractivity contribution in [2.24, 2.45) is 5.92 Å². The SMILES string of the molecule is CC(=O)N1CCC(C(=O)N2CCNCC2c2cccc(F)c2)C1. The van der Waals surface area contributed by atoms with Crippen molar-refractivity contribution in [3.8, 4) is 0 Å². The van der Waals surface area contributed by atoms with Crippen LogP contribution >= 0.6 is 0 Å². The van der Waals surface area contributed by atoms with Crippen LogP contribution in [0.15, 0.2) is 24.3 Å². The number of benzene rings is 1. The molecule has 1 N–H and O–H groups in total. The largest absolute Gasteiger partial charge is 0.342 e. The van der Waals surface area contributed by atoms with E-state index < -0.39 is 0 Å². The van der Waals surface area contributed by atoms with Crippen molar-refractivity contribution in [2.75, 3.05) is 32.7 Å². The number of amides is 2. The van der Waals surface area contributed by atoms with Gasteiger partial charge in [0.25, 0.3) is 0 Å². The van der Waals surface area contributed by atoms with Crippen molar-refractivity contribution in [3.05, 3.63) is 35.6 Å². The minimum atomic E-state index is -0.288. The van der Waals surface area contributed by atoms with Crippen LogP contribution in [-0.2, 0) is 9.59 Å². The van der Waals surface area contributed by atoms with Crippen molar-refractivity contribution < 1.29 is 14.0 Å². The second kappa shape index (κ2) is 6.66. The van der Waals surface area contributed by atoms with E-state index in [0.29, 0.717) is 32.6 Å². The maximum atomic E-state index is 13.5. The van der Waals surface area contributed by atoms with Crippen LogP contribution in [0.1, 0.15) is 24.9 Å². The van der Waals surface area contributed by atoms with Gasteiger partial charge in [0.05, 0.1) is 12.0 Å². The molecule has 1 aromatic carbocycles. The van der Waals surface area contributed by atoms with Crippen molar-refractivity contribution in [1.29, 1.82) is 0 Å². The second-order valence-electron chi connectivity index (χ2n) is 6.26. The number of likely N-dealkylation sites (tertiary alicyclic amines) is 1. The minimum Gasteiger partial charge on any atom is -0.342 e. The van der Waals surface area contributed by atoms with Gasteiger partial charge in [0.2, 0.25) is 11.8 Å². The molecule has 0 aliphatic carbocycles. The predicted molar refractivity (Wildman–Crippen MR) is 84.1 cm³/mol. The summed E-state index contributed by atoms with van der Waals surface area (Å²) in [5.41, 5.74) is 0.812. The number of carbonyl (C=O) groups is 2. The molecule has 2 heterocycles. The van der Waals surface area contributed by atoms with E-state index in [-0.39, 0.29) is 29.6 Å². The lowest BCUT2D eigenvalue weighted by atomic mass is 9.99. The third-order valence-electron chi connectivity index (χ3n) is 4.74. The zero-order valence-electron chi connectivity index (χ0n) is 13.3. The molecule has 2 aliphatic heterocycles. The Morgan fingerprint density at radius 3 is 2.83 bits per heavy atom. The molecule has 6 heteroatoms. The average molecular weight is 319 g/mol. The van der Waals surface area contributed by atoms with Crippen LogP contribution in [0.25, 0.3) is 0 Å². The summed E-state index contributed by atoms with van der Waals surface area (Å²) in [5, 5.41) is 3.27. The van der Waals surface area contributed by atoms with Crippen LogP contribution in [0.5, 0.6) is 0 Å². The molecule has 2 aliphatic rings. The minimum absolute atomic E-state index is 0.0160. The van der Waals surface area contributed by atoms with Crippen LogP contribution in [0.3, 0.4) is 0 Å². The highest BCUT2D eigenvalue weighted by Gasteiger charge is 2.36. The number of nitrogens with one attached hydrogen (secondary N) is 1. The number of nitrogens with zero attached hydrogens (tertiary/aromatic N) is 2. The lowest BCUT2D eigenvalue weighted by Gasteiger charge is -2.38. The molecule has 0 radical (unpaired) electrons. The fourth-order valence-electron chi connectivity index (χ4n) is 3.46. The molecular weight excluding hydrogens is 297 g/mol. The highest BCUT2D eigenvalue weighted by molar-refractivity contribution is 5.82. The normalized spacial score (nSPS) is 24.8. The summed E-state index contributed by atoms with van der Waals surface area (Å²) in [6.07, 6.45) is 0.707. The summed E-state index contributed by atoms with van der Waals surface area (Å²) in [7, 11) is 0. The third-order valence-corrected chi connectivity index (χ3v) is 4.74. The van der Waals surface area contributed by atoms with Gasteiger partial charge >= 0.3 is 0 Å². The maximum absolute atomic E-state index is 13.5. The van der Waals surface area contributed by atoms with Gasteiger partial charge in [0, 0.05) is 39.6 Å². The Hall–Kier alpha value is -1.95. The Bertz CT molecular complexity index is 607. The highest BCUT2D eigenvalue weighted by Crippen LogP contribution is 2.27. The van der Waals surface area contributed by atoms with Crippen LogP contribution in [0, 0.1) is 11.7 Å². The van der Waals surface area contributed by atoms with E-state index in [9.17, 15) is 14.0 Å². The van der Waals surface area contributed by atoms with Gasteiger partial charge in [-0.3, -0.25) is 9.59 Å². The summed E-state index contributed by atoms with van der Waals surface area (Å²) in [5.74, 6) is -0.344. The quantitative estimate of drug-likeness (QED) is 0.890. The van der Waals surface area contributed by atoms with Gasteiger partial charge in [-0.25, -0.2) is 4.39 Å². The van der Waals surface area contributed by atoms with Gasteiger partial charge in [0.15, 0.2) is 0 Å². The van der Waals surface area contributed by atoms with E-state index in [2.05, 4.69) is 5.32 Å². The molecule has 2 saturated heterocycles. The third kappa shape index (κ3) is 3.37. The van der Waals surface area contributed by atoms with E-state index in [1.165, 1.54) is 19.1 Å². The summed E-state index contributed by atoms with van der Waals surface area (Å²) in [6, 6.07) is 6.28. The van der Waals surface area contributed by atoms with E-state index in [1.54, 1.807) is 11.0 Å². The number of hydrogen-bond donors (Lipinski definition) is 1. The monoisotopic (exact) mass is 319 g/mol. The first-order valence-corrected chi connectivity index (χ1v) is 8.08. The first-order chi connectivity index (χ1) is 11.1. The van der Waals surface area contributed by atoms with Gasteiger partial charge in [-0.1, -0.05) is 12.1 Å². The first kappa shape index (κ1) is 15.9. The average Bonchev–Trinajstić information content (AvgIpc) is 3.04. The van der Waals surface area contributed by atoms with Crippen LogP contribution in [0.4, 0.5) is 4.39 Å². The number of hydrogen-bond acceptors (Lipinski definition) is 3. The molecule has 3 rings (SSSR count). The van der Waals surface area contributed by atoms with Gasteiger partial charge in [-0.15, -0.1) is 0 Å². The molecular formula is C17H22FN3O2. The summed E-state index contributed by atoms with van der Waals surface area (Å²) < 4.78 is 13.5. The zero-order valence-corrected chi connectivity index (χ0v) is 13.3. The van der Waals surface area contributed by atoms with Gasteiger partial charge in [0.1, 0.15) is 5.82 Å². The Morgan fingerprint density at radius 1 is 1.30 bits per heavy atom. The summed E-state index contributed by atoms with van der Waals surface area (Å²) >= 11 is 0.